The third-order valence-corrected chi connectivity index (χ3v) is 3.63. The monoisotopic (exact) mass is 200 g/mol. The zero-order valence-electron chi connectivity index (χ0n) is 8.79. The van der Waals surface area contributed by atoms with Crippen LogP contribution < -0.4 is 5.73 Å². The van der Waals surface area contributed by atoms with E-state index < -0.39 is 0 Å². The van der Waals surface area contributed by atoms with E-state index in [1.54, 1.807) is 0 Å². The number of H-pyrrole nitrogens is 1. The Labute approximate surface area is 89.5 Å². The molecule has 0 spiro atoms. The summed E-state index contributed by atoms with van der Waals surface area (Å²) in [6.45, 7) is 0.824. The Kier molecular flexibility index (Phi) is 1.86. The topological polar surface area (TPSA) is 41.8 Å². The average molecular weight is 200 g/mol. The van der Waals surface area contributed by atoms with Crippen LogP contribution in [-0.4, -0.2) is 11.5 Å². The van der Waals surface area contributed by atoms with E-state index in [-0.39, 0.29) is 0 Å². The lowest BCUT2D eigenvalue weighted by atomic mass is 9.95. The number of aromatic nitrogens is 1. The van der Waals surface area contributed by atoms with Gasteiger partial charge in [-0.1, -0.05) is 18.2 Å². The molecule has 3 N–H and O–H groups in total. The van der Waals surface area contributed by atoms with Crippen LogP contribution in [0.15, 0.2) is 30.5 Å². The standard InChI is InChI=1S/C13H16N2/c14-9-13(5-6-13)8-11-3-1-2-10-4-7-15-12(10)11/h1-4,7,15H,5-6,8-9,14H2. The maximum Gasteiger partial charge on any atom is 0.0486 e. The van der Waals surface area contributed by atoms with Gasteiger partial charge in [-0.3, -0.25) is 0 Å². The van der Waals surface area contributed by atoms with Crippen LogP contribution in [-0.2, 0) is 6.42 Å². The van der Waals surface area contributed by atoms with Crippen LogP contribution in [0.2, 0.25) is 0 Å². The molecule has 78 valence electrons. The molecule has 0 radical (unpaired) electrons. The Morgan fingerprint density at radius 2 is 2.13 bits per heavy atom. The highest BCUT2D eigenvalue weighted by Crippen LogP contribution is 2.47. The molecule has 0 atom stereocenters. The summed E-state index contributed by atoms with van der Waals surface area (Å²) in [4.78, 5) is 3.32. The maximum absolute atomic E-state index is 5.83. The largest absolute Gasteiger partial charge is 0.361 e. The van der Waals surface area contributed by atoms with Crippen LogP contribution in [0.3, 0.4) is 0 Å². The van der Waals surface area contributed by atoms with Crippen molar-refractivity contribution in [3.63, 3.8) is 0 Å². The van der Waals surface area contributed by atoms with E-state index in [1.165, 1.54) is 29.3 Å². The second kappa shape index (κ2) is 3.11. The van der Waals surface area contributed by atoms with E-state index in [4.69, 9.17) is 5.73 Å². The Hall–Kier alpha value is -1.28. The predicted molar refractivity (Wildman–Crippen MR) is 62.7 cm³/mol. The van der Waals surface area contributed by atoms with Gasteiger partial charge in [-0.05, 0) is 48.2 Å². The number of nitrogens with one attached hydrogen (secondary N) is 1. The van der Waals surface area contributed by atoms with Gasteiger partial charge in [0, 0.05) is 11.7 Å². The molecule has 2 nitrogen and oxygen atoms in total. The van der Waals surface area contributed by atoms with Crippen molar-refractivity contribution in [1.82, 2.24) is 4.98 Å². The van der Waals surface area contributed by atoms with Gasteiger partial charge in [-0.15, -0.1) is 0 Å². The molecule has 0 aliphatic heterocycles. The fraction of sp³-hybridized carbons (Fsp3) is 0.385. The summed E-state index contributed by atoms with van der Waals surface area (Å²) in [5, 5.41) is 1.31. The van der Waals surface area contributed by atoms with Crippen molar-refractivity contribution in [2.75, 3.05) is 6.54 Å². The fourth-order valence-electron chi connectivity index (χ4n) is 2.33. The van der Waals surface area contributed by atoms with Crippen molar-refractivity contribution in [3.8, 4) is 0 Å². The average Bonchev–Trinajstić information content (AvgIpc) is 2.87. The molecular weight excluding hydrogens is 184 g/mol. The molecule has 0 unspecified atom stereocenters. The Morgan fingerprint density at radius 3 is 2.87 bits per heavy atom. The molecule has 1 saturated carbocycles. The van der Waals surface area contributed by atoms with Crippen LogP contribution in [0.1, 0.15) is 18.4 Å². The summed E-state index contributed by atoms with van der Waals surface area (Å²) in [6.07, 6.45) is 5.72. The second-order valence-electron chi connectivity index (χ2n) is 4.74. The Morgan fingerprint density at radius 1 is 1.27 bits per heavy atom. The van der Waals surface area contributed by atoms with E-state index >= 15 is 0 Å². The highest BCUT2D eigenvalue weighted by atomic mass is 14.7. The lowest BCUT2D eigenvalue weighted by Crippen LogP contribution is -2.18. The number of hydrogen-bond donors (Lipinski definition) is 2. The zero-order valence-corrected chi connectivity index (χ0v) is 8.79. The quantitative estimate of drug-likeness (QED) is 0.785. The minimum atomic E-state index is 0.416. The molecule has 0 bridgehead atoms. The maximum atomic E-state index is 5.83. The Balaban J connectivity index is 2.00. The third-order valence-electron chi connectivity index (χ3n) is 3.63. The summed E-state index contributed by atoms with van der Waals surface area (Å²) >= 11 is 0. The van der Waals surface area contributed by atoms with E-state index in [1.807, 2.05) is 6.20 Å². The molecule has 2 aromatic rings. The number of hydrogen-bond acceptors (Lipinski definition) is 1. The lowest BCUT2D eigenvalue weighted by Gasteiger charge is -2.12. The number of nitrogens with two attached hydrogens (primary N) is 1. The number of aromatic amines is 1. The van der Waals surface area contributed by atoms with Crippen LogP contribution in [0, 0.1) is 5.41 Å². The van der Waals surface area contributed by atoms with Crippen molar-refractivity contribution in [1.29, 1.82) is 0 Å². The predicted octanol–water partition coefficient (Wildman–Crippen LogP) is 2.45. The number of para-hydroxylation sites is 1. The van der Waals surface area contributed by atoms with Gasteiger partial charge < -0.3 is 10.7 Å². The summed E-state index contributed by atoms with van der Waals surface area (Å²) in [5.74, 6) is 0. The first kappa shape index (κ1) is 8.98. The van der Waals surface area contributed by atoms with Crippen molar-refractivity contribution < 1.29 is 0 Å². The number of benzene rings is 1. The van der Waals surface area contributed by atoms with E-state index in [0.717, 1.165) is 13.0 Å². The van der Waals surface area contributed by atoms with Crippen molar-refractivity contribution in [2.45, 2.75) is 19.3 Å². The summed E-state index contributed by atoms with van der Waals surface area (Å²) in [7, 11) is 0. The van der Waals surface area contributed by atoms with Gasteiger partial charge in [0.2, 0.25) is 0 Å². The third kappa shape index (κ3) is 1.45. The fourth-order valence-corrected chi connectivity index (χ4v) is 2.33. The smallest absolute Gasteiger partial charge is 0.0486 e. The summed E-state index contributed by atoms with van der Waals surface area (Å²) in [6, 6.07) is 8.63. The molecule has 2 heteroatoms. The van der Waals surface area contributed by atoms with Gasteiger partial charge in [-0.2, -0.15) is 0 Å². The molecule has 1 aromatic carbocycles. The van der Waals surface area contributed by atoms with Gasteiger partial charge in [0.15, 0.2) is 0 Å². The van der Waals surface area contributed by atoms with E-state index in [9.17, 15) is 0 Å². The molecule has 3 rings (SSSR count). The molecule has 1 heterocycles. The van der Waals surface area contributed by atoms with Gasteiger partial charge in [0.05, 0.1) is 0 Å². The first-order valence-electron chi connectivity index (χ1n) is 5.58. The molecule has 0 amide bonds. The van der Waals surface area contributed by atoms with Crippen LogP contribution in [0.4, 0.5) is 0 Å². The van der Waals surface area contributed by atoms with E-state index in [2.05, 4.69) is 29.2 Å². The number of rotatable bonds is 3. The molecular formula is C13H16N2. The summed E-state index contributed by atoms with van der Waals surface area (Å²) < 4.78 is 0. The van der Waals surface area contributed by atoms with Gasteiger partial charge in [0.25, 0.3) is 0 Å². The molecule has 1 aromatic heterocycles. The molecule has 15 heavy (non-hydrogen) atoms. The minimum Gasteiger partial charge on any atom is -0.361 e. The zero-order chi connectivity index (χ0) is 10.3. The Bertz CT molecular complexity index is 480. The van der Waals surface area contributed by atoms with Crippen LogP contribution >= 0.6 is 0 Å². The van der Waals surface area contributed by atoms with Gasteiger partial charge in [-0.25, -0.2) is 0 Å². The highest BCUT2D eigenvalue weighted by molar-refractivity contribution is 5.82. The SMILES string of the molecule is NCC1(Cc2cccc3cc[nH]c23)CC1. The normalized spacial score (nSPS) is 18.2. The molecule has 0 saturated heterocycles. The lowest BCUT2D eigenvalue weighted by molar-refractivity contribution is 0.523. The first-order valence-corrected chi connectivity index (χ1v) is 5.58. The van der Waals surface area contributed by atoms with E-state index in [0.29, 0.717) is 5.41 Å². The molecule has 1 aliphatic rings. The number of fused-ring (bicyclic) bond motifs is 1. The second-order valence-corrected chi connectivity index (χ2v) is 4.74. The molecule has 1 fully saturated rings. The minimum absolute atomic E-state index is 0.416. The van der Waals surface area contributed by atoms with Gasteiger partial charge in [0.1, 0.15) is 0 Å². The van der Waals surface area contributed by atoms with Gasteiger partial charge >= 0.3 is 0 Å². The summed E-state index contributed by atoms with van der Waals surface area (Å²) in [5.41, 5.74) is 8.95. The van der Waals surface area contributed by atoms with Crippen LogP contribution in [0.5, 0.6) is 0 Å². The van der Waals surface area contributed by atoms with Crippen molar-refractivity contribution in [3.05, 3.63) is 36.0 Å². The van der Waals surface area contributed by atoms with Crippen molar-refractivity contribution >= 4 is 10.9 Å². The first-order chi connectivity index (χ1) is 7.33. The van der Waals surface area contributed by atoms with Crippen molar-refractivity contribution in [2.24, 2.45) is 11.1 Å². The van der Waals surface area contributed by atoms with Crippen LogP contribution in [0.25, 0.3) is 10.9 Å². The highest BCUT2D eigenvalue weighted by Gasteiger charge is 2.41. The molecule has 1 aliphatic carbocycles.